The van der Waals surface area contributed by atoms with Crippen molar-refractivity contribution in [1.82, 2.24) is 4.90 Å². The first-order valence-corrected chi connectivity index (χ1v) is 10.6. The lowest BCUT2D eigenvalue weighted by atomic mass is 10.3. The van der Waals surface area contributed by atoms with Crippen molar-refractivity contribution in [3.05, 3.63) is 34.2 Å². The Balaban J connectivity index is 1.94. The summed E-state index contributed by atoms with van der Waals surface area (Å²) in [6.45, 7) is 0.342. The third-order valence-corrected chi connectivity index (χ3v) is 7.19. The van der Waals surface area contributed by atoms with Gasteiger partial charge in [-0.25, -0.2) is 8.42 Å². The molecule has 2 aliphatic rings. The van der Waals surface area contributed by atoms with E-state index in [1.54, 1.807) is 7.05 Å². The second-order valence-corrected chi connectivity index (χ2v) is 9.40. The number of thiocarbonyl (C=S) groups is 1. The molecule has 24 heavy (non-hydrogen) atoms. The molecule has 0 aliphatic carbocycles. The molecule has 0 atom stereocenters. The normalized spacial score (nSPS) is 20.9. The summed E-state index contributed by atoms with van der Waals surface area (Å²) in [5.41, 5.74) is 0.905. The lowest BCUT2D eigenvalue weighted by Gasteiger charge is -2.21. The Kier molecular flexibility index (Phi) is 4.94. The van der Waals surface area contributed by atoms with E-state index in [1.807, 2.05) is 29.2 Å². The number of likely N-dealkylation sites (N-methyl/N-ethyl adjacent to an activating group) is 1. The SMILES string of the molecule is CN1C(=O)C(=C2Sc3ccccc3N2CCCS(=O)(=O)[O-])SC1=S. The number of thioether (sulfide) groups is 2. The van der Waals surface area contributed by atoms with E-state index in [0.717, 1.165) is 15.6 Å². The number of anilines is 1. The molecule has 0 aromatic heterocycles. The first-order valence-electron chi connectivity index (χ1n) is 7.00. The fraction of sp³-hybridized carbons (Fsp3) is 0.286. The first-order chi connectivity index (χ1) is 11.3. The van der Waals surface area contributed by atoms with E-state index >= 15 is 0 Å². The molecule has 1 amide bonds. The van der Waals surface area contributed by atoms with Crippen LogP contribution in [0.25, 0.3) is 0 Å². The largest absolute Gasteiger partial charge is 0.748 e. The molecule has 2 heterocycles. The molecule has 0 unspecified atom stereocenters. The third kappa shape index (κ3) is 3.47. The van der Waals surface area contributed by atoms with Crippen LogP contribution >= 0.6 is 35.7 Å². The second kappa shape index (κ2) is 6.68. The van der Waals surface area contributed by atoms with Crippen LogP contribution in [0.1, 0.15) is 6.42 Å². The molecule has 0 spiro atoms. The first kappa shape index (κ1) is 17.7. The van der Waals surface area contributed by atoms with E-state index in [0.29, 0.717) is 15.8 Å². The molecule has 3 rings (SSSR count). The Labute approximate surface area is 154 Å². The molecule has 128 valence electrons. The van der Waals surface area contributed by atoms with Crippen molar-refractivity contribution in [3.8, 4) is 0 Å². The summed E-state index contributed by atoms with van der Waals surface area (Å²) in [6.07, 6.45) is 0.191. The number of para-hydroxylation sites is 1. The number of nitrogens with zero attached hydrogens (tertiary/aromatic N) is 2. The minimum Gasteiger partial charge on any atom is -0.748 e. The van der Waals surface area contributed by atoms with Crippen LogP contribution in [-0.4, -0.2) is 47.4 Å². The third-order valence-electron chi connectivity index (χ3n) is 3.54. The van der Waals surface area contributed by atoms with Crippen molar-refractivity contribution in [2.24, 2.45) is 0 Å². The fourth-order valence-electron chi connectivity index (χ4n) is 2.40. The summed E-state index contributed by atoms with van der Waals surface area (Å²) < 4.78 is 33.0. The monoisotopic (exact) mass is 401 g/mol. The minimum absolute atomic E-state index is 0.165. The molecule has 10 heteroatoms. The van der Waals surface area contributed by atoms with Gasteiger partial charge in [-0.2, -0.15) is 0 Å². The van der Waals surface area contributed by atoms with Gasteiger partial charge in [-0.15, -0.1) is 0 Å². The van der Waals surface area contributed by atoms with Gasteiger partial charge in [0.15, 0.2) is 0 Å². The lowest BCUT2D eigenvalue weighted by molar-refractivity contribution is -0.121. The zero-order valence-electron chi connectivity index (χ0n) is 12.6. The van der Waals surface area contributed by atoms with Gasteiger partial charge in [-0.05, 0) is 18.6 Å². The molecule has 0 N–H and O–H groups in total. The lowest BCUT2D eigenvalue weighted by Crippen LogP contribution is -2.26. The van der Waals surface area contributed by atoms with Crippen molar-refractivity contribution in [2.75, 3.05) is 24.2 Å². The van der Waals surface area contributed by atoms with Gasteiger partial charge in [0.25, 0.3) is 5.91 Å². The second-order valence-electron chi connectivity index (χ2n) is 5.20. The van der Waals surface area contributed by atoms with E-state index < -0.39 is 15.9 Å². The number of hydrogen-bond acceptors (Lipinski definition) is 8. The van der Waals surface area contributed by atoms with Crippen molar-refractivity contribution < 1.29 is 17.8 Å². The molecular weight excluding hydrogens is 388 g/mol. The predicted molar refractivity (Wildman–Crippen MR) is 98.8 cm³/mol. The Morgan fingerprint density at radius 3 is 2.58 bits per heavy atom. The Bertz CT molecular complexity index is 850. The summed E-state index contributed by atoms with van der Waals surface area (Å²) in [5.74, 6) is -0.597. The Hall–Kier alpha value is -1.07. The molecule has 1 saturated heterocycles. The number of carbonyl (C=O) groups is 1. The fourth-order valence-corrected chi connectivity index (χ4v) is 5.39. The van der Waals surface area contributed by atoms with Crippen molar-refractivity contribution in [2.45, 2.75) is 11.3 Å². The van der Waals surface area contributed by atoms with Gasteiger partial charge in [0.1, 0.15) is 14.3 Å². The highest BCUT2D eigenvalue weighted by Gasteiger charge is 2.37. The molecule has 6 nitrogen and oxygen atoms in total. The van der Waals surface area contributed by atoms with Crippen molar-refractivity contribution >= 4 is 61.8 Å². The summed E-state index contributed by atoms with van der Waals surface area (Å²) in [6, 6.07) is 7.63. The topological polar surface area (TPSA) is 80.8 Å². The highest BCUT2D eigenvalue weighted by Crippen LogP contribution is 2.50. The number of rotatable bonds is 4. The molecule has 1 aromatic rings. The number of benzene rings is 1. The summed E-state index contributed by atoms with van der Waals surface area (Å²) >= 11 is 7.87. The van der Waals surface area contributed by atoms with Gasteiger partial charge in [-0.1, -0.05) is 47.9 Å². The van der Waals surface area contributed by atoms with Crippen LogP contribution in [0.2, 0.25) is 0 Å². The van der Waals surface area contributed by atoms with E-state index in [1.165, 1.54) is 28.4 Å². The number of amides is 1. The summed E-state index contributed by atoms with van der Waals surface area (Å²) in [5, 5.41) is 0.737. The van der Waals surface area contributed by atoms with Crippen LogP contribution in [0.15, 0.2) is 39.1 Å². The van der Waals surface area contributed by atoms with Crippen molar-refractivity contribution in [3.63, 3.8) is 0 Å². The van der Waals surface area contributed by atoms with Crippen LogP contribution in [-0.2, 0) is 14.9 Å². The van der Waals surface area contributed by atoms with E-state index in [-0.39, 0.29) is 12.3 Å². The van der Waals surface area contributed by atoms with E-state index in [2.05, 4.69) is 0 Å². The number of hydrogen-bond donors (Lipinski definition) is 0. The van der Waals surface area contributed by atoms with E-state index in [4.69, 9.17) is 12.2 Å². The number of carbonyl (C=O) groups excluding carboxylic acids is 1. The maximum Gasteiger partial charge on any atom is 0.268 e. The maximum absolute atomic E-state index is 12.4. The van der Waals surface area contributed by atoms with Gasteiger partial charge in [0.2, 0.25) is 0 Å². The Morgan fingerprint density at radius 2 is 1.96 bits per heavy atom. The molecular formula is C14H13N2O4S4-. The highest BCUT2D eigenvalue weighted by molar-refractivity contribution is 8.27. The standard InChI is InChI=1S/C14H14N2O4S4/c1-15-12(17)11(23-14(15)21)13-16(7-4-8-24(18,19)20)9-5-2-3-6-10(9)22-13/h2-3,5-6H,4,7-8H2,1H3,(H,18,19,20)/p-1. The predicted octanol–water partition coefficient (Wildman–Crippen LogP) is 2.19. The molecule has 0 bridgehead atoms. The zero-order chi connectivity index (χ0) is 17.5. The maximum atomic E-state index is 12.4. The van der Waals surface area contributed by atoms with Gasteiger partial charge < -0.3 is 9.45 Å². The van der Waals surface area contributed by atoms with Crippen LogP contribution in [0.3, 0.4) is 0 Å². The average molecular weight is 402 g/mol. The zero-order valence-corrected chi connectivity index (χ0v) is 15.9. The molecule has 2 aliphatic heterocycles. The molecule has 1 aromatic carbocycles. The molecule has 1 fully saturated rings. The highest BCUT2D eigenvalue weighted by atomic mass is 32.2. The minimum atomic E-state index is -4.26. The Morgan fingerprint density at radius 1 is 1.25 bits per heavy atom. The summed E-state index contributed by atoms with van der Waals surface area (Å²) in [7, 11) is -2.63. The van der Waals surface area contributed by atoms with Gasteiger partial charge in [-0.3, -0.25) is 9.69 Å². The van der Waals surface area contributed by atoms with E-state index in [9.17, 15) is 17.8 Å². The van der Waals surface area contributed by atoms with Crippen LogP contribution in [0.4, 0.5) is 5.69 Å². The molecule has 0 saturated carbocycles. The van der Waals surface area contributed by atoms with Gasteiger partial charge in [0, 0.05) is 24.2 Å². The number of fused-ring (bicyclic) bond motifs is 1. The summed E-state index contributed by atoms with van der Waals surface area (Å²) in [4.78, 5) is 17.2. The van der Waals surface area contributed by atoms with Gasteiger partial charge in [0.05, 0.1) is 15.8 Å². The molecule has 0 radical (unpaired) electrons. The quantitative estimate of drug-likeness (QED) is 0.431. The smallest absolute Gasteiger partial charge is 0.268 e. The van der Waals surface area contributed by atoms with Gasteiger partial charge >= 0.3 is 0 Å². The van der Waals surface area contributed by atoms with Crippen LogP contribution in [0.5, 0.6) is 0 Å². The van der Waals surface area contributed by atoms with Crippen molar-refractivity contribution in [1.29, 1.82) is 0 Å². The van der Waals surface area contributed by atoms with Crippen LogP contribution in [0, 0.1) is 0 Å². The van der Waals surface area contributed by atoms with Crippen LogP contribution < -0.4 is 4.90 Å². The average Bonchev–Trinajstić information content (AvgIpc) is 2.99.